The van der Waals surface area contributed by atoms with Gasteiger partial charge in [-0.3, -0.25) is 19.3 Å². The molecule has 0 aromatic heterocycles. The monoisotopic (exact) mass is 481 g/mol. The maximum Gasteiger partial charge on any atom is 0.325 e. The highest BCUT2D eigenvalue weighted by molar-refractivity contribution is 6.11. The van der Waals surface area contributed by atoms with Gasteiger partial charge in [0.15, 0.2) is 5.78 Å². The van der Waals surface area contributed by atoms with Gasteiger partial charge in [0.25, 0.3) is 5.91 Å². The average Bonchev–Trinajstić information content (AvgIpc) is 3.42. The van der Waals surface area contributed by atoms with Gasteiger partial charge in [-0.15, -0.1) is 0 Å². The predicted molar refractivity (Wildman–Crippen MR) is 136 cm³/mol. The zero-order valence-corrected chi connectivity index (χ0v) is 19.9. The molecule has 182 valence electrons. The van der Waals surface area contributed by atoms with Crippen LogP contribution in [0.25, 0.3) is 0 Å². The van der Waals surface area contributed by atoms with Gasteiger partial charge in [-0.25, -0.2) is 4.79 Å². The lowest BCUT2D eigenvalue weighted by Crippen LogP contribution is -2.51. The third-order valence-electron chi connectivity index (χ3n) is 6.80. The number of hydrogen-bond acceptors (Lipinski definition) is 4. The van der Waals surface area contributed by atoms with Crippen molar-refractivity contribution in [3.05, 3.63) is 102 Å². The lowest BCUT2D eigenvalue weighted by Gasteiger charge is -2.27. The maximum absolute atomic E-state index is 13.8. The van der Waals surface area contributed by atoms with Crippen molar-refractivity contribution in [1.82, 2.24) is 10.2 Å². The van der Waals surface area contributed by atoms with E-state index in [0.29, 0.717) is 37.1 Å². The Morgan fingerprint density at radius 3 is 2.06 bits per heavy atom. The zero-order valence-electron chi connectivity index (χ0n) is 19.9. The summed E-state index contributed by atoms with van der Waals surface area (Å²) in [6, 6.07) is 25.3. The van der Waals surface area contributed by atoms with Crippen molar-refractivity contribution in [3.8, 4) is 0 Å². The fraction of sp³-hybridized carbons (Fsp3) is 0.241. The van der Waals surface area contributed by atoms with Crippen LogP contribution in [0.3, 0.4) is 0 Å². The first-order valence-electron chi connectivity index (χ1n) is 12.1. The van der Waals surface area contributed by atoms with E-state index in [1.807, 2.05) is 60.7 Å². The van der Waals surface area contributed by atoms with Gasteiger partial charge >= 0.3 is 6.03 Å². The Balaban J connectivity index is 1.39. The summed E-state index contributed by atoms with van der Waals surface area (Å²) in [6.45, 7) is 0.248. The largest absolute Gasteiger partial charge is 0.325 e. The number of nitrogens with one attached hydrogen (secondary N) is 1. The minimum Gasteiger partial charge on any atom is -0.322 e. The van der Waals surface area contributed by atoms with Crippen LogP contribution in [-0.2, 0) is 22.4 Å². The molecule has 36 heavy (non-hydrogen) atoms. The van der Waals surface area contributed by atoms with E-state index in [1.54, 1.807) is 29.2 Å². The molecule has 5 rings (SSSR count). The number of Topliss-reactive ketones (excluding diaryl/α,β-unsaturated/α-hetero) is 1. The van der Waals surface area contributed by atoms with Crippen molar-refractivity contribution < 1.29 is 19.2 Å². The van der Waals surface area contributed by atoms with Crippen LogP contribution < -0.4 is 10.2 Å². The molecular formula is C29H27N3O4. The minimum absolute atomic E-state index is 0.0281. The van der Waals surface area contributed by atoms with Crippen LogP contribution in [0, 0.1) is 0 Å². The normalized spacial score (nSPS) is 16.9. The Kier molecular flexibility index (Phi) is 6.38. The predicted octanol–water partition coefficient (Wildman–Crippen LogP) is 3.77. The number of carbonyl (C=O) groups is 4. The van der Waals surface area contributed by atoms with E-state index in [4.69, 9.17) is 0 Å². The lowest BCUT2D eigenvalue weighted by atomic mass is 9.84. The molecule has 2 heterocycles. The Morgan fingerprint density at radius 1 is 0.833 bits per heavy atom. The minimum atomic E-state index is -1.19. The molecule has 3 aromatic carbocycles. The van der Waals surface area contributed by atoms with Gasteiger partial charge in [0.05, 0.1) is 6.54 Å². The molecule has 7 heteroatoms. The molecule has 0 unspecified atom stereocenters. The van der Waals surface area contributed by atoms with Crippen LogP contribution in [0.1, 0.15) is 34.3 Å². The number of imide groups is 1. The zero-order chi connectivity index (χ0) is 25.1. The summed E-state index contributed by atoms with van der Waals surface area (Å²) in [5, 5.41) is 2.92. The fourth-order valence-corrected chi connectivity index (χ4v) is 5.01. The molecule has 4 amide bonds. The van der Waals surface area contributed by atoms with Gasteiger partial charge in [0.2, 0.25) is 5.91 Å². The van der Waals surface area contributed by atoms with Crippen molar-refractivity contribution >= 4 is 29.3 Å². The van der Waals surface area contributed by atoms with Crippen LogP contribution in [0.5, 0.6) is 0 Å². The van der Waals surface area contributed by atoms with Crippen molar-refractivity contribution in [2.24, 2.45) is 0 Å². The van der Waals surface area contributed by atoms with E-state index in [0.717, 1.165) is 22.4 Å². The highest BCUT2D eigenvalue weighted by Gasteiger charge is 2.51. The summed E-state index contributed by atoms with van der Waals surface area (Å²) in [5.74, 6) is -0.748. The highest BCUT2D eigenvalue weighted by Crippen LogP contribution is 2.28. The second-order valence-electron chi connectivity index (χ2n) is 9.35. The summed E-state index contributed by atoms with van der Waals surface area (Å²) in [7, 11) is 0. The van der Waals surface area contributed by atoms with Gasteiger partial charge in [0, 0.05) is 37.1 Å². The number of ketones is 1. The molecule has 2 aliphatic heterocycles. The second-order valence-corrected chi connectivity index (χ2v) is 9.35. The molecule has 1 N–H and O–H groups in total. The molecule has 2 fully saturated rings. The van der Waals surface area contributed by atoms with Crippen molar-refractivity contribution in [3.63, 3.8) is 0 Å². The van der Waals surface area contributed by atoms with Crippen LogP contribution in [0.15, 0.2) is 84.9 Å². The molecule has 0 spiro atoms. The summed E-state index contributed by atoms with van der Waals surface area (Å²) >= 11 is 0. The quantitative estimate of drug-likeness (QED) is 0.392. The van der Waals surface area contributed by atoms with E-state index >= 15 is 0 Å². The number of hydrogen-bond donors (Lipinski definition) is 1. The molecule has 2 aliphatic rings. The number of amides is 4. The van der Waals surface area contributed by atoms with E-state index in [9.17, 15) is 19.2 Å². The third kappa shape index (κ3) is 4.64. The smallest absolute Gasteiger partial charge is 0.322 e. The Morgan fingerprint density at radius 2 is 1.47 bits per heavy atom. The molecule has 3 aromatic rings. The number of urea groups is 1. The Hall–Kier alpha value is -4.26. The van der Waals surface area contributed by atoms with E-state index < -0.39 is 17.5 Å². The molecule has 0 aliphatic carbocycles. The van der Waals surface area contributed by atoms with Gasteiger partial charge in [-0.1, -0.05) is 72.8 Å². The molecule has 0 saturated carbocycles. The van der Waals surface area contributed by atoms with Crippen LogP contribution in [-0.4, -0.2) is 47.2 Å². The summed E-state index contributed by atoms with van der Waals surface area (Å²) < 4.78 is 0. The first-order chi connectivity index (χ1) is 17.4. The Bertz CT molecular complexity index is 1260. The van der Waals surface area contributed by atoms with Gasteiger partial charge < -0.3 is 10.2 Å². The third-order valence-corrected chi connectivity index (χ3v) is 6.80. The standard InChI is InChI=1S/C29H27N3O4/c33-25(23-13-7-14-24(17-23)31-16-8-15-26(31)34)20-32-27(35)29(30-28(32)36,18-21-9-3-1-4-10-21)19-22-11-5-2-6-12-22/h1-7,9-14,17H,8,15-16,18-20H2,(H,30,36). The SMILES string of the molecule is O=C(CN1C(=O)NC(Cc2ccccc2)(Cc2ccccc2)C1=O)c1cccc(N2CCCC2=O)c1. The summed E-state index contributed by atoms with van der Waals surface area (Å²) in [5.41, 5.74) is 1.65. The first-order valence-corrected chi connectivity index (χ1v) is 12.1. The van der Waals surface area contributed by atoms with Crippen LogP contribution >= 0.6 is 0 Å². The molecule has 0 atom stereocenters. The molecular weight excluding hydrogens is 454 g/mol. The molecule has 2 saturated heterocycles. The number of benzene rings is 3. The van der Waals surface area contributed by atoms with Gasteiger partial charge in [-0.2, -0.15) is 0 Å². The molecule has 0 radical (unpaired) electrons. The lowest BCUT2D eigenvalue weighted by molar-refractivity contribution is -0.131. The maximum atomic E-state index is 13.8. The number of rotatable bonds is 8. The number of carbonyl (C=O) groups excluding carboxylic acids is 4. The van der Waals surface area contributed by atoms with Crippen molar-refractivity contribution in [1.29, 1.82) is 0 Å². The number of anilines is 1. The van der Waals surface area contributed by atoms with E-state index in [1.165, 1.54) is 0 Å². The van der Waals surface area contributed by atoms with E-state index in [2.05, 4.69) is 5.32 Å². The van der Waals surface area contributed by atoms with Crippen LogP contribution in [0.2, 0.25) is 0 Å². The first kappa shape index (κ1) is 23.5. The molecule has 0 bridgehead atoms. The van der Waals surface area contributed by atoms with Crippen molar-refractivity contribution in [2.75, 3.05) is 18.0 Å². The summed E-state index contributed by atoms with van der Waals surface area (Å²) in [6.07, 6.45) is 1.89. The number of nitrogens with zero attached hydrogens (tertiary/aromatic N) is 2. The summed E-state index contributed by atoms with van der Waals surface area (Å²) in [4.78, 5) is 54.8. The highest BCUT2D eigenvalue weighted by atomic mass is 16.2. The second kappa shape index (κ2) is 9.77. The van der Waals surface area contributed by atoms with Gasteiger partial charge in [0.1, 0.15) is 5.54 Å². The van der Waals surface area contributed by atoms with Crippen molar-refractivity contribution in [2.45, 2.75) is 31.2 Å². The average molecular weight is 482 g/mol. The molecule has 7 nitrogen and oxygen atoms in total. The fourth-order valence-electron chi connectivity index (χ4n) is 5.01. The van der Waals surface area contributed by atoms with E-state index in [-0.39, 0.29) is 18.2 Å². The van der Waals surface area contributed by atoms with Gasteiger partial charge in [-0.05, 0) is 29.7 Å². The topological polar surface area (TPSA) is 86.8 Å². The Labute approximate surface area is 209 Å². The van der Waals surface area contributed by atoms with Crippen LogP contribution in [0.4, 0.5) is 10.5 Å².